The molecule has 5 heteroatoms. The molecule has 3 heterocycles. The lowest BCUT2D eigenvalue weighted by molar-refractivity contribution is 0.0388. The Morgan fingerprint density at radius 2 is 1.79 bits per heavy atom. The topological polar surface area (TPSA) is 36.4 Å². The van der Waals surface area contributed by atoms with Crippen molar-refractivity contribution < 1.29 is 9.18 Å². The molecule has 4 nitrogen and oxygen atoms in total. The van der Waals surface area contributed by atoms with Gasteiger partial charge in [-0.1, -0.05) is 25.0 Å². The number of fused-ring (bicyclic) bond motifs is 1. The molecule has 1 amide bonds. The predicted octanol–water partition coefficient (Wildman–Crippen LogP) is 5.70. The number of rotatable bonds is 4. The van der Waals surface area contributed by atoms with Crippen molar-refractivity contribution in [1.82, 2.24) is 14.8 Å². The van der Waals surface area contributed by atoms with Gasteiger partial charge < -0.3 is 4.90 Å². The van der Waals surface area contributed by atoms with Gasteiger partial charge in [-0.2, -0.15) is 0 Å². The van der Waals surface area contributed by atoms with E-state index in [4.69, 9.17) is 4.98 Å². The van der Waals surface area contributed by atoms with Gasteiger partial charge >= 0.3 is 0 Å². The van der Waals surface area contributed by atoms with Gasteiger partial charge in [0.1, 0.15) is 5.82 Å². The smallest absolute Gasteiger partial charge is 0.255 e. The first-order valence-corrected chi connectivity index (χ1v) is 12.8. The lowest BCUT2D eigenvalue weighted by atomic mass is 9.78. The van der Waals surface area contributed by atoms with Crippen LogP contribution in [0.5, 0.6) is 0 Å². The van der Waals surface area contributed by atoms with Gasteiger partial charge in [0.05, 0.1) is 11.3 Å². The number of aromatic nitrogens is 1. The first-order chi connectivity index (χ1) is 16.1. The van der Waals surface area contributed by atoms with Crippen LogP contribution < -0.4 is 0 Å². The van der Waals surface area contributed by atoms with Gasteiger partial charge in [-0.05, 0) is 94.3 Å². The van der Waals surface area contributed by atoms with Crippen LogP contribution in [0.15, 0.2) is 36.4 Å². The summed E-state index contributed by atoms with van der Waals surface area (Å²) in [6.45, 7) is 5.57. The highest BCUT2D eigenvalue weighted by atomic mass is 19.1. The molecule has 3 fully saturated rings. The predicted molar refractivity (Wildman–Crippen MR) is 129 cm³/mol. The van der Waals surface area contributed by atoms with Crippen molar-refractivity contribution in [2.75, 3.05) is 19.6 Å². The zero-order valence-electron chi connectivity index (χ0n) is 19.8. The molecular formula is C28H36FN3O. The normalized spacial score (nSPS) is 24.5. The van der Waals surface area contributed by atoms with Crippen molar-refractivity contribution in [3.63, 3.8) is 0 Å². The Kier molecular flexibility index (Phi) is 6.77. The highest BCUT2D eigenvalue weighted by molar-refractivity contribution is 5.95. The fourth-order valence-electron chi connectivity index (χ4n) is 6.36. The standard InChI is InChI=1S/C28H36FN3O/c1-20-11-12-25(28(33)32-15-5-8-22-7-2-3-10-26(22)32)27(30-20)23-13-16-31(17-14-23)19-21-6-4-9-24(29)18-21/h4,6,9,11-12,18,22-23,26H,2-3,5,7-8,10,13-17,19H2,1H3/t22-,26+/m0/s1. The van der Waals surface area contributed by atoms with E-state index in [1.807, 2.05) is 25.1 Å². The summed E-state index contributed by atoms with van der Waals surface area (Å²) >= 11 is 0. The van der Waals surface area contributed by atoms with E-state index in [1.165, 1.54) is 31.7 Å². The van der Waals surface area contributed by atoms with E-state index < -0.39 is 0 Å². The third-order valence-corrected chi connectivity index (χ3v) is 8.07. The first kappa shape index (κ1) is 22.5. The molecule has 2 aliphatic heterocycles. The molecule has 33 heavy (non-hydrogen) atoms. The number of likely N-dealkylation sites (tertiary alicyclic amines) is 2. The molecule has 2 aromatic rings. The van der Waals surface area contributed by atoms with Crippen LogP contribution in [0, 0.1) is 18.7 Å². The molecule has 1 saturated carbocycles. The lowest BCUT2D eigenvalue weighted by Crippen LogP contribution is -2.50. The summed E-state index contributed by atoms with van der Waals surface area (Å²) in [5, 5.41) is 0. The van der Waals surface area contributed by atoms with E-state index in [2.05, 4.69) is 9.80 Å². The Bertz CT molecular complexity index is 983. The quantitative estimate of drug-likeness (QED) is 0.600. The molecule has 2 atom stereocenters. The Balaban J connectivity index is 1.30. The number of piperidine rings is 2. The van der Waals surface area contributed by atoms with Crippen molar-refractivity contribution in [3.8, 4) is 0 Å². The van der Waals surface area contributed by atoms with Gasteiger partial charge in [0, 0.05) is 30.7 Å². The summed E-state index contributed by atoms with van der Waals surface area (Å²) in [5.74, 6) is 1.02. The van der Waals surface area contributed by atoms with E-state index in [-0.39, 0.29) is 11.7 Å². The molecular weight excluding hydrogens is 413 g/mol. The molecule has 0 spiro atoms. The maximum Gasteiger partial charge on any atom is 0.255 e. The molecule has 0 unspecified atom stereocenters. The minimum atomic E-state index is -0.174. The van der Waals surface area contributed by atoms with Crippen molar-refractivity contribution in [1.29, 1.82) is 0 Å². The molecule has 2 saturated heterocycles. The largest absolute Gasteiger partial charge is 0.335 e. The SMILES string of the molecule is Cc1ccc(C(=O)N2CCC[C@@H]3CCCC[C@H]32)c(C2CCN(Cc3cccc(F)c3)CC2)n1. The zero-order chi connectivity index (χ0) is 22.8. The molecule has 3 aliphatic rings. The molecule has 0 bridgehead atoms. The maximum atomic E-state index is 13.8. The van der Waals surface area contributed by atoms with Crippen LogP contribution in [0.2, 0.25) is 0 Å². The van der Waals surface area contributed by atoms with Gasteiger partial charge in [-0.15, -0.1) is 0 Å². The summed E-state index contributed by atoms with van der Waals surface area (Å²) in [6, 6.07) is 11.3. The Hall–Kier alpha value is -2.27. The maximum absolute atomic E-state index is 13.8. The minimum absolute atomic E-state index is 0.174. The second-order valence-electron chi connectivity index (χ2n) is 10.3. The summed E-state index contributed by atoms with van der Waals surface area (Å²) in [7, 11) is 0. The van der Waals surface area contributed by atoms with Crippen LogP contribution in [0.25, 0.3) is 0 Å². The average molecular weight is 450 g/mol. The highest BCUT2D eigenvalue weighted by Gasteiger charge is 2.37. The third kappa shape index (κ3) is 4.98. The van der Waals surface area contributed by atoms with E-state index in [1.54, 1.807) is 12.1 Å². The Morgan fingerprint density at radius 3 is 2.61 bits per heavy atom. The summed E-state index contributed by atoms with van der Waals surface area (Å²) in [4.78, 5) is 23.3. The van der Waals surface area contributed by atoms with Crippen LogP contribution in [0.1, 0.15) is 84.6 Å². The fourth-order valence-corrected chi connectivity index (χ4v) is 6.36. The monoisotopic (exact) mass is 449 g/mol. The van der Waals surface area contributed by atoms with Gasteiger partial charge in [-0.25, -0.2) is 4.39 Å². The summed E-state index contributed by atoms with van der Waals surface area (Å²) in [6.07, 6.45) is 9.36. The van der Waals surface area contributed by atoms with Crippen LogP contribution in [-0.4, -0.2) is 46.4 Å². The number of nitrogens with zero attached hydrogens (tertiary/aromatic N) is 3. The van der Waals surface area contributed by atoms with E-state index in [0.29, 0.717) is 17.9 Å². The average Bonchev–Trinajstić information content (AvgIpc) is 2.84. The van der Waals surface area contributed by atoms with E-state index >= 15 is 0 Å². The van der Waals surface area contributed by atoms with Gasteiger partial charge in [-0.3, -0.25) is 14.7 Å². The molecule has 1 aromatic carbocycles. The van der Waals surface area contributed by atoms with E-state index in [0.717, 1.165) is 74.4 Å². The van der Waals surface area contributed by atoms with Crippen LogP contribution in [0.4, 0.5) is 4.39 Å². The van der Waals surface area contributed by atoms with Crippen LogP contribution >= 0.6 is 0 Å². The number of benzene rings is 1. The third-order valence-electron chi connectivity index (χ3n) is 8.07. The van der Waals surface area contributed by atoms with Crippen LogP contribution in [-0.2, 0) is 6.54 Å². The van der Waals surface area contributed by atoms with Crippen molar-refractivity contribution in [3.05, 3.63) is 64.7 Å². The van der Waals surface area contributed by atoms with Crippen molar-refractivity contribution >= 4 is 5.91 Å². The van der Waals surface area contributed by atoms with Crippen molar-refractivity contribution in [2.24, 2.45) is 5.92 Å². The van der Waals surface area contributed by atoms with Gasteiger partial charge in [0.25, 0.3) is 5.91 Å². The van der Waals surface area contributed by atoms with Crippen LogP contribution in [0.3, 0.4) is 0 Å². The zero-order valence-corrected chi connectivity index (χ0v) is 19.8. The Morgan fingerprint density at radius 1 is 1.00 bits per heavy atom. The highest BCUT2D eigenvalue weighted by Crippen LogP contribution is 2.37. The van der Waals surface area contributed by atoms with Gasteiger partial charge in [0.15, 0.2) is 0 Å². The van der Waals surface area contributed by atoms with Gasteiger partial charge in [0.2, 0.25) is 0 Å². The molecule has 0 radical (unpaired) electrons. The van der Waals surface area contributed by atoms with E-state index in [9.17, 15) is 9.18 Å². The second-order valence-corrected chi connectivity index (χ2v) is 10.3. The molecule has 5 rings (SSSR count). The number of aryl methyl sites for hydroxylation is 1. The molecule has 1 aliphatic carbocycles. The number of pyridine rings is 1. The molecule has 1 aromatic heterocycles. The lowest BCUT2D eigenvalue weighted by Gasteiger charge is -2.44. The summed E-state index contributed by atoms with van der Waals surface area (Å²) < 4.78 is 13.6. The number of halogens is 1. The first-order valence-electron chi connectivity index (χ1n) is 12.8. The molecule has 0 N–H and O–H groups in total. The van der Waals surface area contributed by atoms with Crippen molar-refractivity contribution in [2.45, 2.75) is 76.8 Å². The number of amides is 1. The number of hydrogen-bond donors (Lipinski definition) is 0. The fraction of sp³-hybridized carbons (Fsp3) is 0.571. The second kappa shape index (κ2) is 9.92. The minimum Gasteiger partial charge on any atom is -0.335 e. The number of hydrogen-bond acceptors (Lipinski definition) is 3. The Labute approximate surface area is 197 Å². The number of carbonyl (C=O) groups excluding carboxylic acids is 1. The number of carbonyl (C=O) groups is 1. The molecule has 176 valence electrons. The summed E-state index contributed by atoms with van der Waals surface area (Å²) in [5.41, 5.74) is 3.84.